The van der Waals surface area contributed by atoms with Crippen LogP contribution in [0.4, 0.5) is 0 Å². The van der Waals surface area contributed by atoms with Gasteiger partial charge in [0.05, 0.1) is 6.04 Å². The molecule has 0 radical (unpaired) electrons. The van der Waals surface area contributed by atoms with Gasteiger partial charge >= 0.3 is 0 Å². The summed E-state index contributed by atoms with van der Waals surface area (Å²) in [4.78, 5) is 2.51. The second-order valence-corrected chi connectivity index (χ2v) is 6.47. The van der Waals surface area contributed by atoms with Crippen LogP contribution >= 0.6 is 11.6 Å². The second-order valence-electron chi connectivity index (χ2n) is 6.06. The van der Waals surface area contributed by atoms with Gasteiger partial charge in [-0.15, -0.1) is 0 Å². The van der Waals surface area contributed by atoms with Crippen molar-refractivity contribution in [2.75, 3.05) is 13.1 Å². The minimum atomic E-state index is 0.0838. The van der Waals surface area contributed by atoms with E-state index in [1.807, 2.05) is 18.2 Å². The monoisotopic (exact) mass is 280 g/mol. The van der Waals surface area contributed by atoms with Crippen LogP contribution in [0.15, 0.2) is 24.3 Å². The molecule has 19 heavy (non-hydrogen) atoms. The van der Waals surface area contributed by atoms with Crippen molar-refractivity contribution in [2.24, 2.45) is 17.6 Å². The number of nitrogens with zero attached hydrogens (tertiary/aromatic N) is 1. The number of rotatable bonds is 3. The Labute approximate surface area is 121 Å². The van der Waals surface area contributed by atoms with Gasteiger partial charge in [0.2, 0.25) is 0 Å². The molecule has 0 bridgehead atoms. The average Bonchev–Trinajstić information content (AvgIpc) is 2.36. The van der Waals surface area contributed by atoms with E-state index in [2.05, 4.69) is 31.7 Å². The number of hydrogen-bond donors (Lipinski definition) is 1. The quantitative estimate of drug-likeness (QED) is 0.915. The summed E-state index contributed by atoms with van der Waals surface area (Å²) in [5.41, 5.74) is 7.42. The molecule has 1 aliphatic heterocycles. The molecule has 2 N–H and O–H groups in total. The predicted molar refractivity (Wildman–Crippen MR) is 82.4 cm³/mol. The Hall–Kier alpha value is -0.570. The molecule has 0 saturated carbocycles. The molecular weight excluding hydrogens is 256 g/mol. The zero-order valence-electron chi connectivity index (χ0n) is 12.1. The lowest BCUT2D eigenvalue weighted by molar-refractivity contribution is 0.0852. The molecule has 106 valence electrons. The van der Waals surface area contributed by atoms with Crippen LogP contribution in [0, 0.1) is 11.8 Å². The fourth-order valence-electron chi connectivity index (χ4n) is 3.08. The van der Waals surface area contributed by atoms with Gasteiger partial charge in [-0.2, -0.15) is 0 Å². The van der Waals surface area contributed by atoms with Crippen molar-refractivity contribution >= 4 is 11.6 Å². The van der Waals surface area contributed by atoms with Gasteiger partial charge in [0.25, 0.3) is 0 Å². The molecule has 0 aliphatic carbocycles. The van der Waals surface area contributed by atoms with Crippen LogP contribution < -0.4 is 5.73 Å². The van der Waals surface area contributed by atoms with E-state index in [9.17, 15) is 0 Å². The van der Waals surface area contributed by atoms with Crippen molar-refractivity contribution in [3.05, 3.63) is 34.9 Å². The number of halogens is 1. The predicted octanol–water partition coefficient (Wildman–Crippen LogP) is 3.71. The smallest absolute Gasteiger partial charge is 0.0511 e. The lowest BCUT2D eigenvalue weighted by atomic mass is 9.86. The van der Waals surface area contributed by atoms with Crippen molar-refractivity contribution in [1.29, 1.82) is 0 Å². The highest BCUT2D eigenvalue weighted by Gasteiger charge is 2.31. The summed E-state index contributed by atoms with van der Waals surface area (Å²) in [6.07, 6.45) is 1.24. The van der Waals surface area contributed by atoms with Gasteiger partial charge in [-0.05, 0) is 43.4 Å². The van der Waals surface area contributed by atoms with Gasteiger partial charge in [-0.3, -0.25) is 4.90 Å². The first-order valence-corrected chi connectivity index (χ1v) is 7.62. The maximum atomic E-state index is 6.37. The fourth-order valence-corrected chi connectivity index (χ4v) is 3.32. The highest BCUT2D eigenvalue weighted by atomic mass is 35.5. The van der Waals surface area contributed by atoms with Crippen molar-refractivity contribution in [3.8, 4) is 0 Å². The largest absolute Gasteiger partial charge is 0.326 e. The lowest BCUT2D eigenvalue weighted by Gasteiger charge is -2.42. The molecule has 2 nitrogen and oxygen atoms in total. The second kappa shape index (κ2) is 6.25. The van der Waals surface area contributed by atoms with Crippen molar-refractivity contribution in [2.45, 2.75) is 39.3 Å². The molecule has 4 unspecified atom stereocenters. The fraction of sp³-hybridized carbons (Fsp3) is 0.625. The molecule has 0 aromatic heterocycles. The minimum absolute atomic E-state index is 0.0838. The third-order valence-corrected chi connectivity index (χ3v) is 4.83. The van der Waals surface area contributed by atoms with E-state index in [4.69, 9.17) is 17.3 Å². The molecule has 1 aromatic carbocycles. The SMILES string of the molecule is CC(N)C(c1ccccc1Cl)N1CCC(C)C(C)C1. The van der Waals surface area contributed by atoms with Crippen LogP contribution in [0.1, 0.15) is 38.8 Å². The molecule has 0 amide bonds. The number of benzene rings is 1. The lowest BCUT2D eigenvalue weighted by Crippen LogP contribution is -2.46. The summed E-state index contributed by atoms with van der Waals surface area (Å²) < 4.78 is 0. The van der Waals surface area contributed by atoms with Gasteiger partial charge in [0, 0.05) is 17.6 Å². The molecular formula is C16H25ClN2. The summed E-state index contributed by atoms with van der Waals surface area (Å²) >= 11 is 6.37. The van der Waals surface area contributed by atoms with E-state index in [-0.39, 0.29) is 12.1 Å². The zero-order valence-corrected chi connectivity index (χ0v) is 12.9. The maximum absolute atomic E-state index is 6.37. The molecule has 1 heterocycles. The van der Waals surface area contributed by atoms with Crippen molar-refractivity contribution < 1.29 is 0 Å². The molecule has 0 spiro atoms. The number of piperidine rings is 1. The Morgan fingerprint density at radius 1 is 1.26 bits per heavy atom. The average molecular weight is 281 g/mol. The molecule has 3 heteroatoms. The Morgan fingerprint density at radius 2 is 1.95 bits per heavy atom. The summed E-state index contributed by atoms with van der Waals surface area (Å²) in [5, 5.41) is 0.830. The third-order valence-electron chi connectivity index (χ3n) is 4.48. The van der Waals surface area contributed by atoms with E-state index in [1.165, 1.54) is 12.0 Å². The number of likely N-dealkylation sites (tertiary alicyclic amines) is 1. The highest BCUT2D eigenvalue weighted by molar-refractivity contribution is 6.31. The Balaban J connectivity index is 2.24. The molecule has 4 atom stereocenters. The van der Waals surface area contributed by atoms with Crippen LogP contribution in [-0.2, 0) is 0 Å². The first kappa shape index (κ1) is 14.8. The molecule has 1 saturated heterocycles. The highest BCUT2D eigenvalue weighted by Crippen LogP contribution is 2.34. The van der Waals surface area contributed by atoms with Gasteiger partial charge in [-0.25, -0.2) is 0 Å². The van der Waals surface area contributed by atoms with E-state index < -0.39 is 0 Å². The third kappa shape index (κ3) is 3.31. The Kier molecular flexibility index (Phi) is 4.88. The zero-order chi connectivity index (χ0) is 14.0. The molecule has 1 aliphatic rings. The summed E-state index contributed by atoms with van der Waals surface area (Å²) in [5.74, 6) is 1.52. The first-order chi connectivity index (χ1) is 9.00. The van der Waals surface area contributed by atoms with Crippen LogP contribution in [-0.4, -0.2) is 24.0 Å². The van der Waals surface area contributed by atoms with Crippen molar-refractivity contribution in [1.82, 2.24) is 4.90 Å². The van der Waals surface area contributed by atoms with Crippen LogP contribution in [0.5, 0.6) is 0 Å². The van der Waals surface area contributed by atoms with Crippen LogP contribution in [0.3, 0.4) is 0 Å². The van der Waals surface area contributed by atoms with Gasteiger partial charge in [-0.1, -0.05) is 43.6 Å². The molecule has 1 fully saturated rings. The first-order valence-electron chi connectivity index (χ1n) is 7.24. The topological polar surface area (TPSA) is 29.3 Å². The van der Waals surface area contributed by atoms with E-state index >= 15 is 0 Å². The van der Waals surface area contributed by atoms with Crippen LogP contribution in [0.2, 0.25) is 5.02 Å². The van der Waals surface area contributed by atoms with Gasteiger partial charge < -0.3 is 5.73 Å². The Morgan fingerprint density at radius 3 is 2.53 bits per heavy atom. The van der Waals surface area contributed by atoms with Gasteiger partial charge in [0.15, 0.2) is 0 Å². The van der Waals surface area contributed by atoms with Gasteiger partial charge in [0.1, 0.15) is 0 Å². The summed E-state index contributed by atoms with van der Waals surface area (Å²) in [6.45, 7) is 8.98. The molecule has 1 aromatic rings. The Bertz CT molecular complexity index is 419. The minimum Gasteiger partial charge on any atom is -0.326 e. The number of nitrogens with two attached hydrogens (primary N) is 1. The van der Waals surface area contributed by atoms with E-state index in [0.717, 1.165) is 29.9 Å². The van der Waals surface area contributed by atoms with Crippen LogP contribution in [0.25, 0.3) is 0 Å². The van der Waals surface area contributed by atoms with E-state index in [0.29, 0.717) is 0 Å². The van der Waals surface area contributed by atoms with Crippen molar-refractivity contribution in [3.63, 3.8) is 0 Å². The summed E-state index contributed by atoms with van der Waals surface area (Å²) in [6, 6.07) is 8.41. The standard InChI is InChI=1S/C16H25ClN2/c1-11-8-9-19(10-12(11)2)16(13(3)18)14-6-4-5-7-15(14)17/h4-7,11-13,16H,8-10,18H2,1-3H3. The number of hydrogen-bond acceptors (Lipinski definition) is 2. The van der Waals surface area contributed by atoms with E-state index in [1.54, 1.807) is 0 Å². The normalized spacial score (nSPS) is 28.1. The maximum Gasteiger partial charge on any atom is 0.0511 e. The summed E-state index contributed by atoms with van der Waals surface area (Å²) in [7, 11) is 0. The molecule has 2 rings (SSSR count).